The maximum atomic E-state index is 13.9. The van der Waals surface area contributed by atoms with Gasteiger partial charge in [0.2, 0.25) is 5.91 Å². The maximum Gasteiger partial charge on any atom is 0.245 e. The van der Waals surface area contributed by atoms with Gasteiger partial charge in [0, 0.05) is 38.4 Å². The van der Waals surface area contributed by atoms with Crippen LogP contribution in [0.4, 0.5) is 11.4 Å². The smallest absolute Gasteiger partial charge is 0.245 e. The third-order valence-electron chi connectivity index (χ3n) is 6.93. The lowest BCUT2D eigenvalue weighted by atomic mass is 9.60. The van der Waals surface area contributed by atoms with Gasteiger partial charge in [-0.3, -0.25) is 14.5 Å². The van der Waals surface area contributed by atoms with Gasteiger partial charge in [0.15, 0.2) is 5.78 Å². The minimum absolute atomic E-state index is 0.0391. The van der Waals surface area contributed by atoms with Crippen molar-refractivity contribution < 1.29 is 9.59 Å². The van der Waals surface area contributed by atoms with E-state index < -0.39 is 11.3 Å². The molecule has 1 amide bonds. The lowest BCUT2D eigenvalue weighted by Crippen LogP contribution is -2.52. The fraction of sp³-hybridized carbons (Fsp3) is 0.269. The number of nitriles is 1. The van der Waals surface area contributed by atoms with Crippen LogP contribution in [0.3, 0.4) is 0 Å². The Morgan fingerprint density at radius 2 is 1.94 bits per heavy atom. The molecule has 6 nitrogen and oxygen atoms in total. The number of ketones is 1. The molecular weight excluding hydrogens is 516 g/mol. The highest BCUT2D eigenvalue weighted by molar-refractivity contribution is 9.10. The Kier molecular flexibility index (Phi) is 4.98. The Hall–Kier alpha value is -3.08. The van der Waals surface area contributed by atoms with E-state index in [1.807, 2.05) is 38.1 Å². The summed E-state index contributed by atoms with van der Waals surface area (Å²) in [5.74, 6) is -0.482. The van der Waals surface area contributed by atoms with Gasteiger partial charge in [-0.2, -0.15) is 5.26 Å². The van der Waals surface area contributed by atoms with E-state index in [1.165, 1.54) is 0 Å². The van der Waals surface area contributed by atoms with Crippen molar-refractivity contribution in [3.8, 4) is 6.07 Å². The number of nitrogens with one attached hydrogen (secondary N) is 1. The number of rotatable bonds is 1. The van der Waals surface area contributed by atoms with Gasteiger partial charge < -0.3 is 11.1 Å². The Balaban J connectivity index is 1.92. The van der Waals surface area contributed by atoms with Crippen molar-refractivity contribution in [1.82, 2.24) is 0 Å². The van der Waals surface area contributed by atoms with Crippen LogP contribution in [-0.4, -0.2) is 11.7 Å². The number of allylic oxidation sites excluding steroid dienone is 1. The van der Waals surface area contributed by atoms with E-state index in [1.54, 1.807) is 24.0 Å². The molecule has 3 aliphatic rings. The third kappa shape index (κ3) is 2.92. The molecule has 1 spiro atoms. The van der Waals surface area contributed by atoms with Crippen molar-refractivity contribution in [2.75, 3.05) is 10.2 Å². The van der Waals surface area contributed by atoms with Gasteiger partial charge in [-0.25, -0.2) is 0 Å². The zero-order valence-electron chi connectivity index (χ0n) is 18.9. The molecule has 5 rings (SSSR count). The van der Waals surface area contributed by atoms with Gasteiger partial charge in [-0.05, 0) is 48.6 Å². The number of halogens is 2. The Labute approximate surface area is 211 Å². The first kappa shape index (κ1) is 22.7. The molecule has 1 aliphatic carbocycles. The summed E-state index contributed by atoms with van der Waals surface area (Å²) in [5, 5.41) is 13.8. The second kappa shape index (κ2) is 7.46. The monoisotopic (exact) mass is 536 g/mol. The molecule has 3 N–H and O–H groups in total. The minimum atomic E-state index is -1.62. The van der Waals surface area contributed by atoms with Crippen LogP contribution in [0.25, 0.3) is 0 Å². The second-order valence-corrected chi connectivity index (χ2v) is 11.1. The number of Topliss-reactive ketones (excluding diaryl/α,β-unsaturated/α-hetero) is 1. The summed E-state index contributed by atoms with van der Waals surface area (Å²) in [7, 11) is 0. The quantitative estimate of drug-likeness (QED) is 0.503. The largest absolute Gasteiger partial charge is 0.384 e. The highest BCUT2D eigenvalue weighted by atomic mass is 79.9. The molecule has 0 saturated carbocycles. The molecule has 2 aromatic rings. The van der Waals surface area contributed by atoms with Gasteiger partial charge >= 0.3 is 0 Å². The molecule has 0 aromatic heterocycles. The fourth-order valence-corrected chi connectivity index (χ4v) is 6.06. The molecule has 8 heteroatoms. The van der Waals surface area contributed by atoms with E-state index in [9.17, 15) is 14.9 Å². The van der Waals surface area contributed by atoms with Crippen molar-refractivity contribution in [3.05, 3.63) is 79.7 Å². The van der Waals surface area contributed by atoms with Gasteiger partial charge in [0.1, 0.15) is 17.3 Å². The molecule has 2 aliphatic heterocycles. The molecule has 1 atom stereocenters. The average molecular weight is 538 g/mol. The molecule has 0 radical (unpaired) electrons. The molecular formula is C26H22BrClN4O2. The highest BCUT2D eigenvalue weighted by Gasteiger charge is 2.61. The summed E-state index contributed by atoms with van der Waals surface area (Å²) in [6.07, 6.45) is 0.768. The SMILES string of the molecule is Cc1c(Cl)ccc2c1NC(=O)C21C(C#N)=C(N)N(c2cccc(Br)c2)C2=C1C(=O)CC(C)(C)C2. The van der Waals surface area contributed by atoms with Crippen LogP contribution in [0.2, 0.25) is 5.02 Å². The number of anilines is 2. The summed E-state index contributed by atoms with van der Waals surface area (Å²) >= 11 is 9.84. The van der Waals surface area contributed by atoms with Crippen LogP contribution in [0.1, 0.15) is 37.8 Å². The first-order chi connectivity index (χ1) is 16.0. The molecule has 34 heavy (non-hydrogen) atoms. The van der Waals surface area contributed by atoms with Crippen molar-refractivity contribution in [1.29, 1.82) is 5.26 Å². The number of carbonyl (C=O) groups excluding carboxylic acids is 2. The van der Waals surface area contributed by atoms with Gasteiger partial charge in [0.05, 0.1) is 11.3 Å². The number of fused-ring (bicyclic) bond motifs is 3. The molecule has 0 saturated heterocycles. The Morgan fingerprint density at radius 3 is 2.62 bits per heavy atom. The molecule has 1 unspecified atom stereocenters. The number of hydrogen-bond acceptors (Lipinski definition) is 5. The molecule has 172 valence electrons. The minimum Gasteiger partial charge on any atom is -0.384 e. The molecule has 0 bridgehead atoms. The normalized spacial score (nSPS) is 23.1. The molecule has 0 fully saturated rings. The average Bonchev–Trinajstić information content (AvgIpc) is 3.03. The summed E-state index contributed by atoms with van der Waals surface area (Å²) in [6, 6.07) is 13.1. The van der Waals surface area contributed by atoms with Crippen molar-refractivity contribution in [3.63, 3.8) is 0 Å². The van der Waals surface area contributed by atoms with Gasteiger partial charge in [-0.15, -0.1) is 0 Å². The predicted octanol–water partition coefficient (Wildman–Crippen LogP) is 5.46. The zero-order chi connectivity index (χ0) is 24.6. The van der Waals surface area contributed by atoms with Gasteiger partial charge in [-0.1, -0.05) is 53.5 Å². The number of hydrogen-bond donors (Lipinski definition) is 2. The fourth-order valence-electron chi connectivity index (χ4n) is 5.52. The van der Waals surface area contributed by atoms with E-state index in [-0.39, 0.29) is 29.0 Å². The number of nitrogens with zero attached hydrogens (tertiary/aromatic N) is 2. The maximum absolute atomic E-state index is 13.9. The lowest BCUT2D eigenvalue weighted by molar-refractivity contribution is -0.123. The molecule has 2 heterocycles. The van der Waals surface area contributed by atoms with Crippen LogP contribution < -0.4 is 16.0 Å². The van der Waals surface area contributed by atoms with E-state index in [2.05, 4.69) is 27.3 Å². The van der Waals surface area contributed by atoms with Crippen molar-refractivity contribution in [2.45, 2.75) is 39.0 Å². The Morgan fingerprint density at radius 1 is 1.21 bits per heavy atom. The number of amides is 1. The summed E-state index contributed by atoms with van der Waals surface area (Å²) in [6.45, 7) is 5.84. The van der Waals surface area contributed by atoms with Crippen LogP contribution in [0.5, 0.6) is 0 Å². The lowest BCUT2D eigenvalue weighted by Gasteiger charge is -2.46. The summed E-state index contributed by atoms with van der Waals surface area (Å²) in [4.78, 5) is 29.5. The topological polar surface area (TPSA) is 99.2 Å². The highest BCUT2D eigenvalue weighted by Crippen LogP contribution is 2.57. The van der Waals surface area contributed by atoms with E-state index in [4.69, 9.17) is 17.3 Å². The second-order valence-electron chi connectivity index (χ2n) is 9.75. The first-order valence-corrected chi connectivity index (χ1v) is 12.0. The van der Waals surface area contributed by atoms with E-state index >= 15 is 0 Å². The third-order valence-corrected chi connectivity index (χ3v) is 7.83. The Bertz CT molecular complexity index is 1420. The van der Waals surface area contributed by atoms with E-state index in [0.717, 1.165) is 4.47 Å². The first-order valence-electron chi connectivity index (χ1n) is 10.9. The van der Waals surface area contributed by atoms with Crippen LogP contribution >= 0.6 is 27.5 Å². The predicted molar refractivity (Wildman–Crippen MR) is 135 cm³/mol. The van der Waals surface area contributed by atoms with Crippen molar-refractivity contribution >= 4 is 50.6 Å². The van der Waals surface area contributed by atoms with E-state index in [0.29, 0.717) is 45.2 Å². The number of carbonyl (C=O) groups is 2. The summed E-state index contributed by atoms with van der Waals surface area (Å²) in [5.41, 5.74) is 8.20. The molecule has 2 aromatic carbocycles. The number of nitrogens with two attached hydrogens (primary N) is 1. The van der Waals surface area contributed by atoms with Crippen molar-refractivity contribution in [2.24, 2.45) is 11.1 Å². The van der Waals surface area contributed by atoms with Crippen LogP contribution in [-0.2, 0) is 15.0 Å². The van der Waals surface area contributed by atoms with Crippen LogP contribution in [0.15, 0.2) is 63.5 Å². The summed E-state index contributed by atoms with van der Waals surface area (Å²) < 4.78 is 0.828. The van der Waals surface area contributed by atoms with Gasteiger partial charge in [0.25, 0.3) is 0 Å². The number of benzene rings is 2. The van der Waals surface area contributed by atoms with Crippen LogP contribution in [0, 0.1) is 23.7 Å². The standard InChI is InChI=1S/C26H22BrClN4O2/c1-13-18(28)8-7-16-22(13)31-24(34)26(16)17(12-29)23(30)32(15-6-4-5-14(27)9-15)19-10-25(2,3)11-20(33)21(19)26/h4-9H,10-11,30H2,1-3H3,(H,31,34). The zero-order valence-corrected chi connectivity index (χ0v) is 21.3.